The van der Waals surface area contributed by atoms with E-state index in [0.717, 1.165) is 28.0 Å². The van der Waals surface area contributed by atoms with Crippen LogP contribution in [0.4, 0.5) is 0 Å². The van der Waals surface area contributed by atoms with Crippen LogP contribution in [0.1, 0.15) is 22.8 Å². The number of Topliss-reactive ketones (excluding diaryl/α,β-unsaturated/α-hetero) is 1. The minimum Gasteiger partial charge on any atom is -0.490 e. The third-order valence-electron chi connectivity index (χ3n) is 3.92. The van der Waals surface area contributed by atoms with Gasteiger partial charge in [0, 0.05) is 5.56 Å². The topological polar surface area (TPSA) is 35.5 Å². The Balaban J connectivity index is 1.54. The molecule has 0 atom stereocenters. The summed E-state index contributed by atoms with van der Waals surface area (Å²) in [6, 6.07) is 19.7. The van der Waals surface area contributed by atoms with Gasteiger partial charge in [0.25, 0.3) is 0 Å². The third-order valence-corrected chi connectivity index (χ3v) is 3.92. The van der Waals surface area contributed by atoms with Gasteiger partial charge in [-0.05, 0) is 60.5 Å². The normalized spacial score (nSPS) is 10.6. The van der Waals surface area contributed by atoms with Crippen LogP contribution >= 0.6 is 0 Å². The fraction of sp³-hybridized carbons (Fsp3) is 0.190. The Morgan fingerprint density at radius 1 is 0.833 bits per heavy atom. The number of carbonyl (C=O) groups excluding carboxylic acids is 1. The lowest BCUT2D eigenvalue weighted by atomic mass is 10.1. The van der Waals surface area contributed by atoms with Crippen LogP contribution in [0, 0.1) is 6.92 Å². The average Bonchev–Trinajstić information content (AvgIpc) is 2.58. The highest BCUT2D eigenvalue weighted by Crippen LogP contribution is 2.21. The van der Waals surface area contributed by atoms with Crippen molar-refractivity contribution < 1.29 is 14.3 Å². The molecule has 3 nitrogen and oxygen atoms in total. The molecule has 0 aliphatic carbocycles. The monoisotopic (exact) mass is 320 g/mol. The Hall–Kier alpha value is -2.81. The van der Waals surface area contributed by atoms with Crippen LogP contribution in [-0.4, -0.2) is 19.0 Å². The number of hydrogen-bond acceptors (Lipinski definition) is 3. The van der Waals surface area contributed by atoms with Gasteiger partial charge >= 0.3 is 0 Å². The molecule has 0 spiro atoms. The summed E-state index contributed by atoms with van der Waals surface area (Å²) in [5.41, 5.74) is 1.66. The molecule has 0 aliphatic heterocycles. The van der Waals surface area contributed by atoms with Gasteiger partial charge in [0.15, 0.2) is 5.78 Å². The van der Waals surface area contributed by atoms with Crippen molar-refractivity contribution in [2.45, 2.75) is 13.8 Å². The molecule has 3 heteroatoms. The quantitative estimate of drug-likeness (QED) is 0.483. The highest BCUT2D eigenvalue weighted by Gasteiger charge is 2.05. The summed E-state index contributed by atoms with van der Waals surface area (Å²) in [7, 11) is 0. The number of carbonyl (C=O) groups is 1. The average molecular weight is 320 g/mol. The molecule has 0 bridgehead atoms. The van der Waals surface area contributed by atoms with E-state index in [-0.39, 0.29) is 5.78 Å². The zero-order valence-corrected chi connectivity index (χ0v) is 13.9. The molecule has 0 amide bonds. The maximum Gasteiger partial charge on any atom is 0.160 e. The molecule has 0 fully saturated rings. The lowest BCUT2D eigenvalue weighted by Crippen LogP contribution is -2.09. The van der Waals surface area contributed by atoms with Gasteiger partial charge in [0.05, 0.1) is 0 Å². The molecule has 0 saturated heterocycles. The summed E-state index contributed by atoms with van der Waals surface area (Å²) >= 11 is 0. The molecule has 0 heterocycles. The molecule has 3 aromatic carbocycles. The molecule has 0 unspecified atom stereocenters. The predicted octanol–water partition coefficient (Wildman–Crippen LogP) is 4.81. The van der Waals surface area contributed by atoms with Crippen molar-refractivity contribution in [3.05, 3.63) is 71.8 Å². The second kappa shape index (κ2) is 7.18. The van der Waals surface area contributed by atoms with Gasteiger partial charge < -0.3 is 9.47 Å². The van der Waals surface area contributed by atoms with Crippen molar-refractivity contribution in [1.29, 1.82) is 0 Å². The van der Waals surface area contributed by atoms with Crippen LogP contribution in [-0.2, 0) is 0 Å². The van der Waals surface area contributed by atoms with Crippen molar-refractivity contribution in [3.63, 3.8) is 0 Å². The molecule has 0 aromatic heterocycles. The van der Waals surface area contributed by atoms with Crippen LogP contribution in [0.2, 0.25) is 0 Å². The van der Waals surface area contributed by atoms with Crippen LogP contribution in [0.15, 0.2) is 60.7 Å². The zero-order valence-electron chi connectivity index (χ0n) is 13.9. The second-order valence-corrected chi connectivity index (χ2v) is 5.74. The van der Waals surface area contributed by atoms with E-state index in [1.165, 1.54) is 5.39 Å². The summed E-state index contributed by atoms with van der Waals surface area (Å²) in [5, 5.41) is 2.36. The summed E-state index contributed by atoms with van der Waals surface area (Å²) in [4.78, 5) is 11.4. The first-order valence-corrected chi connectivity index (χ1v) is 7.99. The van der Waals surface area contributed by atoms with Gasteiger partial charge in [0.2, 0.25) is 0 Å². The first-order chi connectivity index (χ1) is 11.6. The van der Waals surface area contributed by atoms with Crippen LogP contribution < -0.4 is 9.47 Å². The number of aryl methyl sites for hydroxylation is 1. The zero-order chi connectivity index (χ0) is 16.9. The SMILES string of the molecule is CC(=O)c1ccc(OCCOc2ccc3ccccc3c2)cc1C. The lowest BCUT2D eigenvalue weighted by molar-refractivity contribution is 0.101. The summed E-state index contributed by atoms with van der Waals surface area (Å²) in [5.74, 6) is 1.65. The molecule has 24 heavy (non-hydrogen) atoms. The van der Waals surface area contributed by atoms with E-state index in [1.54, 1.807) is 13.0 Å². The van der Waals surface area contributed by atoms with Gasteiger partial charge in [-0.15, -0.1) is 0 Å². The fourth-order valence-electron chi connectivity index (χ4n) is 2.70. The van der Waals surface area contributed by atoms with E-state index < -0.39 is 0 Å². The fourth-order valence-corrected chi connectivity index (χ4v) is 2.70. The Labute approximate surface area is 141 Å². The molecule has 122 valence electrons. The van der Waals surface area contributed by atoms with Crippen molar-refractivity contribution in [3.8, 4) is 11.5 Å². The van der Waals surface area contributed by atoms with Crippen molar-refractivity contribution in [2.75, 3.05) is 13.2 Å². The van der Waals surface area contributed by atoms with Crippen LogP contribution in [0.25, 0.3) is 10.8 Å². The molecular formula is C21H20O3. The van der Waals surface area contributed by atoms with Gasteiger partial charge in [0.1, 0.15) is 24.7 Å². The van der Waals surface area contributed by atoms with Gasteiger partial charge in [-0.2, -0.15) is 0 Å². The van der Waals surface area contributed by atoms with E-state index in [9.17, 15) is 4.79 Å². The first kappa shape index (κ1) is 16.1. The number of benzene rings is 3. The van der Waals surface area contributed by atoms with E-state index in [2.05, 4.69) is 18.2 Å². The Kier molecular flexibility index (Phi) is 4.80. The predicted molar refractivity (Wildman–Crippen MR) is 96.1 cm³/mol. The molecule has 0 radical (unpaired) electrons. The minimum absolute atomic E-state index is 0.0682. The summed E-state index contributed by atoms with van der Waals surface area (Å²) < 4.78 is 11.4. The smallest absolute Gasteiger partial charge is 0.160 e. The van der Waals surface area contributed by atoms with Crippen molar-refractivity contribution in [1.82, 2.24) is 0 Å². The van der Waals surface area contributed by atoms with Gasteiger partial charge in [-0.3, -0.25) is 4.79 Å². The minimum atomic E-state index is 0.0682. The van der Waals surface area contributed by atoms with Crippen molar-refractivity contribution in [2.24, 2.45) is 0 Å². The van der Waals surface area contributed by atoms with Crippen molar-refractivity contribution >= 4 is 16.6 Å². The highest BCUT2D eigenvalue weighted by molar-refractivity contribution is 5.95. The molecule has 0 saturated carbocycles. The number of fused-ring (bicyclic) bond motifs is 1. The van der Waals surface area contributed by atoms with E-state index in [4.69, 9.17) is 9.47 Å². The van der Waals surface area contributed by atoms with Crippen LogP contribution in [0.3, 0.4) is 0 Å². The molecule has 3 aromatic rings. The summed E-state index contributed by atoms with van der Waals surface area (Å²) in [6.07, 6.45) is 0. The number of hydrogen-bond donors (Lipinski definition) is 0. The molecule has 3 rings (SSSR count). The Morgan fingerprint density at radius 3 is 2.12 bits per heavy atom. The van der Waals surface area contributed by atoms with E-state index in [1.807, 2.05) is 43.3 Å². The highest BCUT2D eigenvalue weighted by atomic mass is 16.5. The Morgan fingerprint density at radius 2 is 1.46 bits per heavy atom. The molecule has 0 N–H and O–H groups in total. The standard InChI is InChI=1S/C21H20O3/c1-15-13-19(9-10-21(15)16(2)22)23-11-12-24-20-8-7-17-5-3-4-6-18(17)14-20/h3-10,13-14H,11-12H2,1-2H3. The van der Waals surface area contributed by atoms with Gasteiger partial charge in [-0.1, -0.05) is 30.3 Å². The number of ketones is 1. The maximum atomic E-state index is 11.4. The lowest BCUT2D eigenvalue weighted by Gasteiger charge is -2.10. The maximum absolute atomic E-state index is 11.4. The Bertz CT molecular complexity index is 868. The molecule has 0 aliphatic rings. The van der Waals surface area contributed by atoms with Crippen LogP contribution in [0.5, 0.6) is 11.5 Å². The van der Waals surface area contributed by atoms with Gasteiger partial charge in [-0.25, -0.2) is 0 Å². The third kappa shape index (κ3) is 3.74. The summed E-state index contributed by atoms with van der Waals surface area (Å²) in [6.45, 7) is 4.40. The molecular weight excluding hydrogens is 300 g/mol. The second-order valence-electron chi connectivity index (χ2n) is 5.74. The number of rotatable bonds is 6. The van der Waals surface area contributed by atoms with E-state index in [0.29, 0.717) is 13.2 Å². The number of ether oxygens (including phenoxy) is 2. The first-order valence-electron chi connectivity index (χ1n) is 7.99. The van der Waals surface area contributed by atoms with E-state index >= 15 is 0 Å². The largest absolute Gasteiger partial charge is 0.490 e.